The third-order valence-electron chi connectivity index (χ3n) is 5.49. The van der Waals surface area contributed by atoms with Crippen molar-refractivity contribution in [2.75, 3.05) is 11.9 Å². The van der Waals surface area contributed by atoms with Gasteiger partial charge in [-0.2, -0.15) is 0 Å². The van der Waals surface area contributed by atoms with Crippen LogP contribution >= 0.6 is 0 Å². The lowest BCUT2D eigenvalue weighted by molar-refractivity contribution is 0.140. The first-order valence-corrected chi connectivity index (χ1v) is 11.6. The van der Waals surface area contributed by atoms with Gasteiger partial charge in [0.2, 0.25) is 0 Å². The van der Waals surface area contributed by atoms with Crippen molar-refractivity contribution < 1.29 is 9.00 Å². The minimum absolute atomic E-state index is 0.0341. The number of hydrogen-bond donors (Lipinski definition) is 1. The van der Waals surface area contributed by atoms with Gasteiger partial charge < -0.3 is 10.2 Å². The molecule has 2 amide bonds. The smallest absolute Gasteiger partial charge is 0.322 e. The van der Waals surface area contributed by atoms with Crippen molar-refractivity contribution in [2.45, 2.75) is 50.7 Å². The molecule has 1 heterocycles. The van der Waals surface area contributed by atoms with Gasteiger partial charge in [0.1, 0.15) is 0 Å². The van der Waals surface area contributed by atoms with Crippen molar-refractivity contribution in [2.24, 2.45) is 5.92 Å². The largest absolute Gasteiger partial charge is 0.322 e. The summed E-state index contributed by atoms with van der Waals surface area (Å²) in [5.41, 5.74) is 2.82. The highest BCUT2D eigenvalue weighted by Gasteiger charge is 2.28. The molecule has 5 heteroatoms. The topological polar surface area (TPSA) is 49.4 Å². The van der Waals surface area contributed by atoms with Crippen LogP contribution in [0.4, 0.5) is 10.5 Å². The van der Waals surface area contributed by atoms with E-state index in [2.05, 4.69) is 19.2 Å². The van der Waals surface area contributed by atoms with Crippen LogP contribution in [-0.2, 0) is 22.3 Å². The molecule has 4 nitrogen and oxygen atoms in total. The number of carbonyl (C=O) groups is 1. The Bertz CT molecular complexity index is 809. The van der Waals surface area contributed by atoms with Crippen LogP contribution in [0, 0.1) is 5.92 Å². The zero-order chi connectivity index (χ0) is 19.9. The van der Waals surface area contributed by atoms with Gasteiger partial charge in [0, 0.05) is 40.6 Å². The second kappa shape index (κ2) is 9.87. The summed E-state index contributed by atoms with van der Waals surface area (Å²) in [4.78, 5) is 14.7. The minimum Gasteiger partial charge on any atom is -0.322 e. The fourth-order valence-electron chi connectivity index (χ4n) is 3.73. The molecule has 3 atom stereocenters. The second-order valence-electron chi connectivity index (χ2n) is 7.70. The molecule has 1 unspecified atom stereocenters. The molecule has 2 aromatic carbocycles. The van der Waals surface area contributed by atoms with E-state index in [4.69, 9.17) is 0 Å². The summed E-state index contributed by atoms with van der Waals surface area (Å²) in [5, 5.41) is 3.04. The monoisotopic (exact) mass is 398 g/mol. The number of carbonyl (C=O) groups excluding carboxylic acids is 1. The van der Waals surface area contributed by atoms with E-state index in [9.17, 15) is 9.00 Å². The number of benzene rings is 2. The van der Waals surface area contributed by atoms with Gasteiger partial charge in [-0.25, -0.2) is 4.79 Å². The Morgan fingerprint density at radius 3 is 2.54 bits per heavy atom. The molecular weight excluding hydrogens is 368 g/mol. The van der Waals surface area contributed by atoms with E-state index in [1.165, 1.54) is 6.42 Å². The summed E-state index contributed by atoms with van der Waals surface area (Å²) in [7, 11) is -0.982. The molecule has 0 aromatic heterocycles. The van der Waals surface area contributed by atoms with Crippen molar-refractivity contribution in [3.05, 3.63) is 65.7 Å². The third kappa shape index (κ3) is 5.68. The van der Waals surface area contributed by atoms with Crippen LogP contribution in [0.25, 0.3) is 0 Å². The Labute approximate surface area is 170 Å². The maximum Gasteiger partial charge on any atom is 0.322 e. The average molecular weight is 399 g/mol. The first kappa shape index (κ1) is 20.6. The number of hydrogen-bond acceptors (Lipinski definition) is 2. The lowest BCUT2D eigenvalue weighted by Gasteiger charge is -2.37. The SMILES string of the molecule is CC[C@@H]1CC[C@@H](C)N(C(=O)Nc2cccc(CS(=O)Cc3ccccc3)c2)C1. The van der Waals surface area contributed by atoms with E-state index in [0.717, 1.165) is 36.2 Å². The molecule has 0 saturated carbocycles. The van der Waals surface area contributed by atoms with E-state index < -0.39 is 10.8 Å². The normalized spacial score (nSPS) is 20.6. The summed E-state index contributed by atoms with van der Waals surface area (Å²) >= 11 is 0. The number of rotatable bonds is 6. The molecule has 0 aliphatic carbocycles. The molecule has 3 rings (SSSR count). The number of likely N-dealkylation sites (tertiary alicyclic amines) is 1. The number of amides is 2. The summed E-state index contributed by atoms with van der Waals surface area (Å²) in [6.07, 6.45) is 3.37. The van der Waals surface area contributed by atoms with Crippen molar-refractivity contribution in [3.8, 4) is 0 Å². The molecule has 1 saturated heterocycles. The van der Waals surface area contributed by atoms with Crippen molar-refractivity contribution in [1.82, 2.24) is 4.90 Å². The molecule has 0 bridgehead atoms. The summed E-state index contributed by atoms with van der Waals surface area (Å²) in [5.74, 6) is 1.62. The number of piperidine rings is 1. The molecule has 1 fully saturated rings. The number of nitrogens with zero attached hydrogens (tertiary/aromatic N) is 1. The lowest BCUT2D eigenvalue weighted by Crippen LogP contribution is -2.47. The zero-order valence-corrected chi connectivity index (χ0v) is 17.6. The van der Waals surface area contributed by atoms with Gasteiger partial charge in [-0.3, -0.25) is 4.21 Å². The molecule has 150 valence electrons. The zero-order valence-electron chi connectivity index (χ0n) is 16.8. The number of nitrogens with one attached hydrogen (secondary N) is 1. The van der Waals surface area contributed by atoms with Crippen LogP contribution in [0.15, 0.2) is 54.6 Å². The molecule has 2 aromatic rings. The van der Waals surface area contributed by atoms with Crippen molar-refractivity contribution >= 4 is 22.5 Å². The van der Waals surface area contributed by atoms with Gasteiger partial charge in [0.15, 0.2) is 0 Å². The van der Waals surface area contributed by atoms with Crippen LogP contribution in [0.5, 0.6) is 0 Å². The van der Waals surface area contributed by atoms with Crippen LogP contribution in [0.1, 0.15) is 44.2 Å². The van der Waals surface area contributed by atoms with E-state index in [-0.39, 0.29) is 12.1 Å². The Morgan fingerprint density at radius 2 is 1.79 bits per heavy atom. The maximum absolute atomic E-state index is 12.8. The standard InChI is InChI=1S/C23H30N2O2S/c1-3-19-13-12-18(2)25(15-19)23(26)24-22-11-7-10-21(14-22)17-28(27)16-20-8-5-4-6-9-20/h4-11,14,18-19H,3,12-13,15-17H2,1-2H3,(H,24,26)/t18-,19-,28?/m1/s1. The number of anilines is 1. The average Bonchev–Trinajstić information content (AvgIpc) is 2.69. The van der Waals surface area contributed by atoms with Crippen molar-refractivity contribution in [3.63, 3.8) is 0 Å². The number of urea groups is 1. The van der Waals surface area contributed by atoms with Gasteiger partial charge in [-0.1, -0.05) is 55.8 Å². The van der Waals surface area contributed by atoms with Crippen molar-refractivity contribution in [1.29, 1.82) is 0 Å². The highest BCUT2D eigenvalue weighted by molar-refractivity contribution is 7.83. The van der Waals surface area contributed by atoms with Gasteiger partial charge >= 0.3 is 6.03 Å². The van der Waals surface area contributed by atoms with Gasteiger partial charge in [0.25, 0.3) is 0 Å². The van der Waals surface area contributed by atoms with E-state index in [1.807, 2.05) is 59.5 Å². The fraction of sp³-hybridized carbons (Fsp3) is 0.435. The van der Waals surface area contributed by atoms with Crippen LogP contribution in [0.2, 0.25) is 0 Å². The third-order valence-corrected chi connectivity index (χ3v) is 6.80. The Kier molecular flexibility index (Phi) is 7.26. The van der Waals surface area contributed by atoms with E-state index in [0.29, 0.717) is 17.4 Å². The Hall–Kier alpha value is -2.14. The predicted molar refractivity (Wildman–Crippen MR) is 117 cm³/mol. The van der Waals surface area contributed by atoms with E-state index in [1.54, 1.807) is 0 Å². The Balaban J connectivity index is 1.59. The summed E-state index contributed by atoms with van der Waals surface area (Å²) in [6, 6.07) is 17.8. The Morgan fingerprint density at radius 1 is 1.07 bits per heavy atom. The van der Waals surface area contributed by atoms with Crippen LogP contribution in [-0.4, -0.2) is 27.7 Å². The summed E-state index contributed by atoms with van der Waals surface area (Å²) in [6.45, 7) is 5.13. The lowest BCUT2D eigenvalue weighted by atomic mass is 9.92. The molecule has 1 aliphatic heterocycles. The van der Waals surface area contributed by atoms with Crippen LogP contribution < -0.4 is 5.32 Å². The first-order chi connectivity index (χ1) is 13.5. The fourth-order valence-corrected chi connectivity index (χ4v) is 4.95. The first-order valence-electron chi connectivity index (χ1n) is 10.1. The second-order valence-corrected chi connectivity index (χ2v) is 9.15. The molecule has 0 spiro atoms. The van der Waals surface area contributed by atoms with Crippen LogP contribution in [0.3, 0.4) is 0 Å². The highest BCUT2D eigenvalue weighted by Crippen LogP contribution is 2.25. The highest BCUT2D eigenvalue weighted by atomic mass is 32.2. The molecule has 1 N–H and O–H groups in total. The molecule has 28 heavy (non-hydrogen) atoms. The quantitative estimate of drug-likeness (QED) is 0.729. The van der Waals surface area contributed by atoms with Gasteiger partial charge in [0.05, 0.1) is 0 Å². The van der Waals surface area contributed by atoms with E-state index >= 15 is 0 Å². The molecule has 0 radical (unpaired) electrons. The summed E-state index contributed by atoms with van der Waals surface area (Å²) < 4.78 is 12.5. The molecular formula is C23H30N2O2S. The van der Waals surface area contributed by atoms with Gasteiger partial charge in [-0.05, 0) is 48.9 Å². The predicted octanol–water partition coefficient (Wildman–Crippen LogP) is 5.18. The minimum atomic E-state index is -0.982. The molecule has 1 aliphatic rings. The van der Waals surface area contributed by atoms with Gasteiger partial charge in [-0.15, -0.1) is 0 Å². The maximum atomic E-state index is 12.8.